The van der Waals surface area contributed by atoms with E-state index in [1.807, 2.05) is 50.6 Å². The lowest BCUT2D eigenvalue weighted by molar-refractivity contribution is 0.122. The van der Waals surface area contributed by atoms with Gasteiger partial charge in [-0.25, -0.2) is 4.98 Å². The molecule has 5 aromatic rings. The number of methoxy groups -OCH3 is 1. The maximum Gasteiger partial charge on any atom is 0.229 e. The molecule has 2 N–H and O–H groups in total. The van der Waals surface area contributed by atoms with E-state index in [0.29, 0.717) is 58.4 Å². The molecule has 222 valence electrons. The van der Waals surface area contributed by atoms with Crippen molar-refractivity contribution in [2.24, 2.45) is 7.05 Å². The number of morpholine rings is 1. The number of ether oxygens (including phenoxy) is 2. The van der Waals surface area contributed by atoms with Crippen LogP contribution in [0.5, 0.6) is 5.75 Å². The topological polar surface area (TPSA) is 132 Å². The molecule has 3 aromatic heterocycles. The highest BCUT2D eigenvalue weighted by molar-refractivity contribution is 7.71. The van der Waals surface area contributed by atoms with Gasteiger partial charge in [-0.3, -0.25) is 14.6 Å². The number of hydrogen-bond acceptors (Lipinski definition) is 11. The maximum atomic E-state index is 13.4. The predicted molar refractivity (Wildman–Crippen MR) is 170 cm³/mol. The van der Waals surface area contributed by atoms with E-state index < -0.39 is 7.14 Å². The normalized spacial score (nSPS) is 13.7. The van der Waals surface area contributed by atoms with E-state index in [9.17, 15) is 4.57 Å². The van der Waals surface area contributed by atoms with Gasteiger partial charge in [-0.2, -0.15) is 10.1 Å². The Kier molecular flexibility index (Phi) is 7.72. The highest BCUT2D eigenvalue weighted by Gasteiger charge is 2.23. The van der Waals surface area contributed by atoms with Crippen molar-refractivity contribution in [2.45, 2.75) is 6.92 Å². The van der Waals surface area contributed by atoms with E-state index in [2.05, 4.69) is 35.6 Å². The third kappa shape index (κ3) is 5.89. The van der Waals surface area contributed by atoms with E-state index in [-0.39, 0.29) is 0 Å². The summed E-state index contributed by atoms with van der Waals surface area (Å²) in [7, 11) is 0.809. The van der Waals surface area contributed by atoms with Crippen LogP contribution in [0.4, 0.5) is 28.8 Å². The monoisotopic (exact) mass is 599 g/mol. The molecule has 2 aromatic carbocycles. The van der Waals surface area contributed by atoms with Gasteiger partial charge >= 0.3 is 0 Å². The Morgan fingerprint density at radius 3 is 2.51 bits per heavy atom. The average Bonchev–Trinajstić information content (AvgIpc) is 3.44. The Bertz CT molecular complexity index is 1850. The SMILES string of the molecule is COc1cc(N2CCOCC2)c(-c2cnn(C)c2)cc1Nc1ncc(C)c(Nc2ccc3nccnc3c2P(C)(C)=O)n1. The second-order valence-corrected chi connectivity index (χ2v) is 13.9. The molecule has 1 aliphatic heterocycles. The van der Waals surface area contributed by atoms with Crippen molar-refractivity contribution in [3.05, 3.63) is 60.8 Å². The first-order valence-corrected chi connectivity index (χ1v) is 16.5. The zero-order valence-corrected chi connectivity index (χ0v) is 25.7. The fraction of sp³-hybridized carbons (Fsp3) is 0.300. The van der Waals surface area contributed by atoms with Gasteiger partial charge in [0.15, 0.2) is 0 Å². The fourth-order valence-electron chi connectivity index (χ4n) is 5.24. The number of fused-ring (bicyclic) bond motifs is 1. The second kappa shape index (κ2) is 11.6. The maximum absolute atomic E-state index is 13.4. The van der Waals surface area contributed by atoms with Gasteiger partial charge in [0.25, 0.3) is 0 Å². The number of benzene rings is 2. The van der Waals surface area contributed by atoms with Gasteiger partial charge in [0.05, 0.1) is 48.7 Å². The van der Waals surface area contributed by atoms with Crippen molar-refractivity contribution in [1.82, 2.24) is 29.7 Å². The Morgan fingerprint density at radius 1 is 1.00 bits per heavy atom. The molecule has 0 bridgehead atoms. The third-order valence-electron chi connectivity index (χ3n) is 7.31. The second-order valence-electron chi connectivity index (χ2n) is 10.8. The van der Waals surface area contributed by atoms with Crippen molar-refractivity contribution in [2.75, 3.05) is 62.3 Å². The molecule has 1 fully saturated rings. The summed E-state index contributed by atoms with van der Waals surface area (Å²) in [5.74, 6) is 1.61. The van der Waals surface area contributed by atoms with Gasteiger partial charge < -0.3 is 29.6 Å². The number of aromatic nitrogens is 6. The molecule has 13 heteroatoms. The van der Waals surface area contributed by atoms with Crippen molar-refractivity contribution in [1.29, 1.82) is 0 Å². The van der Waals surface area contributed by atoms with Crippen LogP contribution in [0.3, 0.4) is 0 Å². The molecular weight excluding hydrogens is 565 g/mol. The first kappa shape index (κ1) is 28.6. The van der Waals surface area contributed by atoms with Crippen LogP contribution >= 0.6 is 7.14 Å². The van der Waals surface area contributed by atoms with Crippen LogP contribution in [0.15, 0.2) is 55.2 Å². The van der Waals surface area contributed by atoms with Gasteiger partial charge in [-0.15, -0.1) is 0 Å². The molecule has 0 unspecified atom stereocenters. The standard InChI is InChI=1S/C30H34N9O3P/c1-19-16-33-30(37-29(19)35-23-7-6-22-27(32-9-8-31-22)28(23)43(4,5)40)36-24-14-21(20-17-34-38(2)18-20)25(15-26(24)41-3)39-10-12-42-13-11-39/h6-9,14-18H,10-13H2,1-5H3,(H2,33,35,36,37). The Morgan fingerprint density at radius 2 is 1.79 bits per heavy atom. The van der Waals surface area contributed by atoms with Crippen molar-refractivity contribution < 1.29 is 14.0 Å². The molecule has 0 radical (unpaired) electrons. The molecule has 0 aliphatic carbocycles. The molecule has 6 rings (SSSR count). The van der Waals surface area contributed by atoms with Crippen LogP contribution in [0, 0.1) is 6.92 Å². The Hall–Kier alpha value is -4.54. The molecule has 12 nitrogen and oxygen atoms in total. The fourth-order valence-corrected chi connectivity index (χ4v) is 6.63. The van der Waals surface area contributed by atoms with Crippen LogP contribution in [0.2, 0.25) is 0 Å². The summed E-state index contributed by atoms with van der Waals surface area (Å²) in [6.07, 6.45) is 8.83. The summed E-state index contributed by atoms with van der Waals surface area (Å²) in [6, 6.07) is 7.81. The van der Waals surface area contributed by atoms with Crippen molar-refractivity contribution >= 4 is 52.3 Å². The van der Waals surface area contributed by atoms with Crippen LogP contribution in [0.1, 0.15) is 5.56 Å². The van der Waals surface area contributed by atoms with Crippen LogP contribution < -0.4 is 25.6 Å². The van der Waals surface area contributed by atoms with Crippen LogP contribution in [0.25, 0.3) is 22.2 Å². The molecule has 43 heavy (non-hydrogen) atoms. The zero-order valence-electron chi connectivity index (χ0n) is 24.8. The quantitative estimate of drug-likeness (QED) is 0.240. The molecule has 0 saturated carbocycles. The number of nitrogens with one attached hydrogen (secondary N) is 2. The lowest BCUT2D eigenvalue weighted by Crippen LogP contribution is -2.36. The molecule has 0 atom stereocenters. The van der Waals surface area contributed by atoms with Gasteiger partial charge in [-0.05, 0) is 38.5 Å². The van der Waals surface area contributed by atoms with Crippen molar-refractivity contribution in [3.8, 4) is 16.9 Å². The Labute approximate surface area is 249 Å². The van der Waals surface area contributed by atoms with Gasteiger partial charge in [0.1, 0.15) is 24.2 Å². The highest BCUT2D eigenvalue weighted by atomic mass is 31.2. The molecule has 4 heterocycles. The van der Waals surface area contributed by atoms with Gasteiger partial charge in [-0.1, -0.05) is 0 Å². The van der Waals surface area contributed by atoms with E-state index >= 15 is 0 Å². The lowest BCUT2D eigenvalue weighted by atomic mass is 10.0. The van der Waals surface area contributed by atoms with E-state index in [1.165, 1.54) is 0 Å². The Balaban J connectivity index is 1.38. The minimum Gasteiger partial charge on any atom is -0.494 e. The summed E-state index contributed by atoms with van der Waals surface area (Å²) >= 11 is 0. The minimum absolute atomic E-state index is 0.376. The summed E-state index contributed by atoms with van der Waals surface area (Å²) < 4.78 is 26.6. The molecule has 0 amide bonds. The van der Waals surface area contributed by atoms with Gasteiger partial charge in [0, 0.05) is 73.4 Å². The highest BCUT2D eigenvalue weighted by Crippen LogP contribution is 2.42. The molecule has 1 aliphatic rings. The van der Waals surface area contributed by atoms with E-state index in [4.69, 9.17) is 14.5 Å². The summed E-state index contributed by atoms with van der Waals surface area (Å²) in [4.78, 5) is 20.5. The number of rotatable bonds is 8. The predicted octanol–water partition coefficient (Wildman–Crippen LogP) is 4.71. The van der Waals surface area contributed by atoms with Crippen LogP contribution in [-0.2, 0) is 16.3 Å². The molecule has 1 saturated heterocycles. The molecular formula is C30H34N9O3P. The molecule has 0 spiro atoms. The number of hydrogen-bond donors (Lipinski definition) is 2. The number of aryl methyl sites for hydroxylation is 2. The summed E-state index contributed by atoms with van der Waals surface area (Å²) in [5, 5.41) is 11.8. The first-order chi connectivity index (χ1) is 20.7. The number of nitrogens with zero attached hydrogens (tertiary/aromatic N) is 7. The summed E-state index contributed by atoms with van der Waals surface area (Å²) in [5.41, 5.74) is 6.53. The summed E-state index contributed by atoms with van der Waals surface area (Å²) in [6.45, 7) is 8.27. The largest absolute Gasteiger partial charge is 0.494 e. The minimum atomic E-state index is -2.74. The third-order valence-corrected chi connectivity index (χ3v) is 8.84. The smallest absolute Gasteiger partial charge is 0.229 e. The number of anilines is 5. The van der Waals surface area contributed by atoms with E-state index in [1.54, 1.807) is 43.7 Å². The van der Waals surface area contributed by atoms with E-state index in [0.717, 1.165) is 35.5 Å². The lowest BCUT2D eigenvalue weighted by Gasteiger charge is -2.31. The van der Waals surface area contributed by atoms with Gasteiger partial charge in [0.2, 0.25) is 5.95 Å². The zero-order chi connectivity index (χ0) is 30.1. The first-order valence-electron chi connectivity index (χ1n) is 13.9. The van der Waals surface area contributed by atoms with Crippen LogP contribution in [-0.4, -0.2) is 76.5 Å². The average molecular weight is 600 g/mol. The van der Waals surface area contributed by atoms with Crippen molar-refractivity contribution in [3.63, 3.8) is 0 Å².